The van der Waals surface area contributed by atoms with Gasteiger partial charge in [0.15, 0.2) is 11.5 Å². The molecule has 2 rings (SSSR count). The van der Waals surface area contributed by atoms with Crippen molar-refractivity contribution in [2.75, 3.05) is 24.7 Å². The predicted octanol–water partition coefficient (Wildman–Crippen LogP) is 3.52. The van der Waals surface area contributed by atoms with Crippen LogP contribution in [0.1, 0.15) is 24.1 Å². The molecule has 1 unspecified atom stereocenters. The summed E-state index contributed by atoms with van der Waals surface area (Å²) in [6.45, 7) is 5.75. The van der Waals surface area contributed by atoms with Gasteiger partial charge in [0.25, 0.3) is 0 Å². The fourth-order valence-corrected chi connectivity index (χ4v) is 3.32. The lowest BCUT2D eigenvalue weighted by atomic mass is 10.1. The minimum Gasteiger partial charge on any atom is -0.493 e. The van der Waals surface area contributed by atoms with Crippen LogP contribution in [0.4, 0.5) is 5.69 Å². The van der Waals surface area contributed by atoms with Crippen molar-refractivity contribution in [3.8, 4) is 11.5 Å². The first-order valence-corrected chi connectivity index (χ1v) is 11.1. The topological polar surface area (TPSA) is 93.7 Å². The Bertz CT molecular complexity index is 1030. The van der Waals surface area contributed by atoms with E-state index < -0.39 is 16.1 Å². The van der Waals surface area contributed by atoms with E-state index in [1.54, 1.807) is 68.7 Å². The molecule has 2 aromatic rings. The molecule has 2 N–H and O–H groups in total. The van der Waals surface area contributed by atoms with Crippen molar-refractivity contribution in [1.82, 2.24) is 5.32 Å². The molecule has 2 aromatic carbocycles. The Morgan fingerprint density at radius 2 is 1.93 bits per heavy atom. The molecule has 0 aliphatic carbocycles. The van der Waals surface area contributed by atoms with Crippen LogP contribution in [0, 0.1) is 0 Å². The summed E-state index contributed by atoms with van der Waals surface area (Å²) < 4.78 is 36.4. The molecular weight excluding hydrogens is 404 g/mol. The van der Waals surface area contributed by atoms with E-state index in [0.717, 1.165) is 11.8 Å². The smallest absolute Gasteiger partial charge is 0.244 e. The third kappa shape index (κ3) is 6.97. The first-order valence-electron chi connectivity index (χ1n) is 9.20. The molecule has 8 heteroatoms. The molecule has 0 saturated heterocycles. The second-order valence-corrected chi connectivity index (χ2v) is 8.28. The minimum atomic E-state index is -3.43. The summed E-state index contributed by atoms with van der Waals surface area (Å²) in [6.07, 6.45) is 5.78. The summed E-state index contributed by atoms with van der Waals surface area (Å²) in [5, 5.41) is 2.83. The number of carbonyl (C=O) groups excluding carboxylic acids is 1. The van der Waals surface area contributed by atoms with Gasteiger partial charge in [0.05, 0.1) is 25.1 Å². The molecule has 0 radical (unpaired) electrons. The number of methoxy groups -OCH3 is 1. The first-order chi connectivity index (χ1) is 14.2. The summed E-state index contributed by atoms with van der Waals surface area (Å²) in [7, 11) is -1.89. The van der Waals surface area contributed by atoms with E-state index in [1.165, 1.54) is 6.08 Å². The summed E-state index contributed by atoms with van der Waals surface area (Å²) in [5.74, 6) is 0.818. The maximum Gasteiger partial charge on any atom is 0.244 e. The fourth-order valence-electron chi connectivity index (χ4n) is 2.73. The van der Waals surface area contributed by atoms with Gasteiger partial charge in [-0.15, -0.1) is 0 Å². The zero-order chi connectivity index (χ0) is 22.1. The van der Waals surface area contributed by atoms with Gasteiger partial charge in [-0.25, -0.2) is 8.42 Å². The Labute approximate surface area is 177 Å². The standard InChI is InChI=1S/C22H26N2O5S/c1-5-14-29-20-12-10-17(15-21(20)28-3)11-13-22(25)23-16(2)18-8-6-7-9-19(18)24-30(4,26)27/h5-13,15-16,24H,1,14H2,2-4H3,(H,23,25). The lowest BCUT2D eigenvalue weighted by Crippen LogP contribution is -2.25. The second-order valence-electron chi connectivity index (χ2n) is 6.54. The van der Waals surface area contributed by atoms with Crippen molar-refractivity contribution in [2.45, 2.75) is 13.0 Å². The van der Waals surface area contributed by atoms with Crippen LogP contribution in [0.5, 0.6) is 11.5 Å². The summed E-state index contributed by atoms with van der Waals surface area (Å²) in [5.41, 5.74) is 1.85. The molecule has 1 amide bonds. The number of ether oxygens (including phenoxy) is 2. The van der Waals surface area contributed by atoms with Crippen LogP contribution in [0.15, 0.2) is 61.2 Å². The SMILES string of the molecule is C=CCOc1ccc(C=CC(=O)NC(C)c2ccccc2NS(C)(=O)=O)cc1OC. The van der Waals surface area contributed by atoms with Gasteiger partial charge in [-0.3, -0.25) is 9.52 Å². The molecule has 1 atom stereocenters. The van der Waals surface area contributed by atoms with Gasteiger partial charge in [0, 0.05) is 6.08 Å². The van der Waals surface area contributed by atoms with Crippen LogP contribution < -0.4 is 19.5 Å². The molecule has 0 aliphatic heterocycles. The Morgan fingerprint density at radius 1 is 1.20 bits per heavy atom. The molecule has 0 heterocycles. The Kier molecular flexibility index (Phi) is 8.06. The van der Waals surface area contributed by atoms with Crippen LogP contribution in [-0.2, 0) is 14.8 Å². The number of carbonyl (C=O) groups is 1. The molecule has 160 valence electrons. The number of rotatable bonds is 10. The lowest BCUT2D eigenvalue weighted by Gasteiger charge is -2.17. The zero-order valence-corrected chi connectivity index (χ0v) is 18.0. The number of para-hydroxylation sites is 1. The monoisotopic (exact) mass is 430 g/mol. The summed E-state index contributed by atoms with van der Waals surface area (Å²) in [6, 6.07) is 11.8. The molecule has 0 bridgehead atoms. The molecule has 0 spiro atoms. The quantitative estimate of drug-likeness (QED) is 0.444. The van der Waals surface area contributed by atoms with Gasteiger partial charge < -0.3 is 14.8 Å². The van der Waals surface area contributed by atoms with E-state index >= 15 is 0 Å². The van der Waals surface area contributed by atoms with Crippen molar-refractivity contribution in [2.24, 2.45) is 0 Å². The number of hydrogen-bond donors (Lipinski definition) is 2. The van der Waals surface area contributed by atoms with Crippen LogP contribution in [-0.4, -0.2) is 34.3 Å². The van der Waals surface area contributed by atoms with Crippen molar-refractivity contribution in [3.63, 3.8) is 0 Å². The summed E-state index contributed by atoms with van der Waals surface area (Å²) >= 11 is 0. The minimum absolute atomic E-state index is 0.317. The van der Waals surface area contributed by atoms with Crippen molar-refractivity contribution < 1.29 is 22.7 Å². The van der Waals surface area contributed by atoms with Crippen molar-refractivity contribution in [3.05, 3.63) is 72.3 Å². The van der Waals surface area contributed by atoms with Crippen molar-refractivity contribution in [1.29, 1.82) is 0 Å². The Hall–Kier alpha value is -3.26. The molecule has 0 aliphatic rings. The molecule has 7 nitrogen and oxygen atoms in total. The highest BCUT2D eigenvalue weighted by molar-refractivity contribution is 7.92. The molecule has 30 heavy (non-hydrogen) atoms. The average molecular weight is 431 g/mol. The van der Waals surface area contributed by atoms with E-state index in [-0.39, 0.29) is 5.91 Å². The van der Waals surface area contributed by atoms with E-state index in [0.29, 0.717) is 29.4 Å². The Morgan fingerprint density at radius 3 is 2.60 bits per heavy atom. The van der Waals surface area contributed by atoms with E-state index in [9.17, 15) is 13.2 Å². The predicted molar refractivity (Wildman–Crippen MR) is 119 cm³/mol. The number of amides is 1. The molecular formula is C22H26N2O5S. The van der Waals surface area contributed by atoms with Gasteiger partial charge in [0.2, 0.25) is 15.9 Å². The number of benzene rings is 2. The second kappa shape index (κ2) is 10.5. The largest absolute Gasteiger partial charge is 0.493 e. The van der Waals surface area contributed by atoms with Gasteiger partial charge in [-0.1, -0.05) is 36.9 Å². The van der Waals surface area contributed by atoms with E-state index in [1.807, 2.05) is 0 Å². The van der Waals surface area contributed by atoms with Gasteiger partial charge >= 0.3 is 0 Å². The third-order valence-corrected chi connectivity index (χ3v) is 4.64. The van der Waals surface area contributed by atoms with Crippen molar-refractivity contribution >= 4 is 27.7 Å². The zero-order valence-electron chi connectivity index (χ0n) is 17.2. The number of sulfonamides is 1. The number of hydrogen-bond acceptors (Lipinski definition) is 5. The summed E-state index contributed by atoms with van der Waals surface area (Å²) in [4.78, 5) is 12.4. The highest BCUT2D eigenvalue weighted by atomic mass is 32.2. The van der Waals surface area contributed by atoms with Crippen LogP contribution >= 0.6 is 0 Å². The molecule has 0 aromatic heterocycles. The highest BCUT2D eigenvalue weighted by Gasteiger charge is 2.14. The van der Waals surface area contributed by atoms with Gasteiger partial charge in [0.1, 0.15) is 6.61 Å². The van der Waals surface area contributed by atoms with Gasteiger partial charge in [-0.05, 0) is 42.3 Å². The number of nitrogens with one attached hydrogen (secondary N) is 2. The van der Waals surface area contributed by atoms with E-state index in [4.69, 9.17) is 9.47 Å². The van der Waals surface area contributed by atoms with Crippen LogP contribution in [0.25, 0.3) is 6.08 Å². The highest BCUT2D eigenvalue weighted by Crippen LogP contribution is 2.28. The normalized spacial score (nSPS) is 12.2. The first kappa shape index (κ1) is 23.0. The maximum atomic E-state index is 12.4. The maximum absolute atomic E-state index is 12.4. The van der Waals surface area contributed by atoms with Gasteiger partial charge in [-0.2, -0.15) is 0 Å². The van der Waals surface area contributed by atoms with Crippen LogP contribution in [0.3, 0.4) is 0 Å². The van der Waals surface area contributed by atoms with E-state index in [2.05, 4.69) is 16.6 Å². The molecule has 0 saturated carbocycles. The number of anilines is 1. The molecule has 0 fully saturated rings. The van der Waals surface area contributed by atoms with Crippen LogP contribution in [0.2, 0.25) is 0 Å². The fraction of sp³-hybridized carbons (Fsp3) is 0.227. The average Bonchev–Trinajstić information content (AvgIpc) is 2.70. The third-order valence-electron chi connectivity index (χ3n) is 4.05. The Balaban J connectivity index is 2.09. The lowest BCUT2D eigenvalue weighted by molar-refractivity contribution is -0.117.